The summed E-state index contributed by atoms with van der Waals surface area (Å²) in [4.78, 5) is 54.4. The number of allylic oxidation sites excluding steroid dienone is 2. The molecule has 3 aliphatic carbocycles. The minimum Gasteiger partial charge on any atom is -0.506 e. The Morgan fingerprint density at radius 1 is 0.825 bits per heavy atom. The minimum absolute atomic E-state index is 0.0635. The van der Waals surface area contributed by atoms with Crippen LogP contribution in [0.15, 0.2) is 29.8 Å². The minimum atomic E-state index is -1.15. The fourth-order valence-electron chi connectivity index (χ4n) is 6.05. The van der Waals surface area contributed by atoms with E-state index in [1.54, 1.807) is 53.7 Å². The lowest BCUT2D eigenvalue weighted by Gasteiger charge is -2.27. The molecule has 8 nitrogen and oxygen atoms in total. The Hall–Kier alpha value is -3.94. The Kier molecular flexibility index (Phi) is 6.44. The average molecular weight is 547 g/mol. The number of rotatable bonds is 4. The summed E-state index contributed by atoms with van der Waals surface area (Å²) in [5.74, 6) is -4.55. The summed E-state index contributed by atoms with van der Waals surface area (Å²) >= 11 is 0. The molecule has 8 heteroatoms. The molecule has 0 aliphatic heterocycles. The molecule has 3 aliphatic rings. The third-order valence-corrected chi connectivity index (χ3v) is 7.57. The van der Waals surface area contributed by atoms with Crippen molar-refractivity contribution in [1.29, 1.82) is 0 Å². The number of hydrogen-bond donors (Lipinski definition) is 2. The summed E-state index contributed by atoms with van der Waals surface area (Å²) in [7, 11) is 0. The highest BCUT2D eigenvalue weighted by atomic mass is 16.6. The van der Waals surface area contributed by atoms with Gasteiger partial charge in [-0.1, -0.05) is 29.8 Å². The highest BCUT2D eigenvalue weighted by Gasteiger charge is 2.43. The number of phenolic OH excluding ortho intramolecular Hbond substituents is 2. The normalized spacial score (nSPS) is 19.7. The van der Waals surface area contributed by atoms with Gasteiger partial charge in [0, 0.05) is 11.1 Å². The first-order valence-corrected chi connectivity index (χ1v) is 13.6. The van der Waals surface area contributed by atoms with Crippen LogP contribution >= 0.6 is 0 Å². The van der Waals surface area contributed by atoms with Gasteiger partial charge in [-0.15, -0.1) is 0 Å². The lowest BCUT2D eigenvalue weighted by atomic mass is 9.77. The van der Waals surface area contributed by atoms with Crippen LogP contribution in [0.1, 0.15) is 119 Å². The van der Waals surface area contributed by atoms with Gasteiger partial charge in [0.25, 0.3) is 0 Å². The molecule has 2 unspecified atom stereocenters. The molecule has 0 radical (unpaired) electrons. The number of fused-ring (bicyclic) bond motifs is 4. The van der Waals surface area contributed by atoms with E-state index < -0.39 is 68.5 Å². The number of carbonyl (C=O) groups is 4. The molecule has 40 heavy (non-hydrogen) atoms. The van der Waals surface area contributed by atoms with E-state index >= 15 is 0 Å². The van der Waals surface area contributed by atoms with Gasteiger partial charge in [-0.25, -0.2) is 9.59 Å². The molecule has 2 bridgehead atoms. The molecule has 0 heterocycles. The van der Waals surface area contributed by atoms with Crippen molar-refractivity contribution in [3.8, 4) is 11.5 Å². The summed E-state index contributed by atoms with van der Waals surface area (Å²) in [6, 6.07) is 4.95. The molecule has 0 aromatic heterocycles. The molecule has 0 saturated heterocycles. The van der Waals surface area contributed by atoms with Crippen molar-refractivity contribution in [2.24, 2.45) is 11.8 Å². The highest BCUT2D eigenvalue weighted by Crippen LogP contribution is 2.47. The number of benzene rings is 2. The van der Waals surface area contributed by atoms with Crippen molar-refractivity contribution in [2.75, 3.05) is 0 Å². The van der Waals surface area contributed by atoms with Gasteiger partial charge < -0.3 is 19.7 Å². The van der Waals surface area contributed by atoms with E-state index in [0.717, 1.165) is 19.3 Å². The topological polar surface area (TPSA) is 127 Å². The zero-order valence-corrected chi connectivity index (χ0v) is 23.6. The van der Waals surface area contributed by atoms with Crippen LogP contribution in [-0.2, 0) is 15.9 Å². The number of aromatic hydroxyl groups is 2. The molecular formula is C32H34O8. The van der Waals surface area contributed by atoms with Gasteiger partial charge in [0.05, 0.1) is 11.1 Å². The summed E-state index contributed by atoms with van der Waals surface area (Å²) in [6.07, 6.45) is 6.10. The van der Waals surface area contributed by atoms with Gasteiger partial charge in [0.1, 0.15) is 33.8 Å². The second kappa shape index (κ2) is 9.32. The van der Waals surface area contributed by atoms with Crippen molar-refractivity contribution in [2.45, 2.75) is 78.4 Å². The largest absolute Gasteiger partial charge is 0.506 e. The predicted molar refractivity (Wildman–Crippen MR) is 146 cm³/mol. The molecule has 0 spiro atoms. The number of phenols is 2. The first-order chi connectivity index (χ1) is 18.6. The number of esters is 2. The average Bonchev–Trinajstić information content (AvgIpc) is 3.44. The van der Waals surface area contributed by atoms with Crippen molar-refractivity contribution >= 4 is 23.5 Å². The fourth-order valence-corrected chi connectivity index (χ4v) is 6.05. The molecule has 0 amide bonds. The molecule has 1 saturated carbocycles. The van der Waals surface area contributed by atoms with Gasteiger partial charge in [-0.05, 0) is 84.6 Å². The Morgan fingerprint density at radius 3 is 1.85 bits per heavy atom. The van der Waals surface area contributed by atoms with Crippen molar-refractivity contribution < 1.29 is 38.9 Å². The van der Waals surface area contributed by atoms with Crippen LogP contribution in [0.5, 0.6) is 11.5 Å². The van der Waals surface area contributed by atoms with Gasteiger partial charge >= 0.3 is 11.9 Å². The van der Waals surface area contributed by atoms with Crippen molar-refractivity contribution in [3.63, 3.8) is 0 Å². The van der Waals surface area contributed by atoms with Crippen LogP contribution in [0.4, 0.5) is 0 Å². The first-order valence-electron chi connectivity index (χ1n) is 13.6. The fraction of sp³-hybridized carbons (Fsp3) is 0.438. The highest BCUT2D eigenvalue weighted by molar-refractivity contribution is 6.32. The molecule has 5 rings (SSSR count). The Morgan fingerprint density at radius 2 is 1.38 bits per heavy atom. The maximum Gasteiger partial charge on any atom is 0.343 e. The molecule has 2 aromatic carbocycles. The van der Waals surface area contributed by atoms with E-state index in [9.17, 15) is 29.4 Å². The summed E-state index contributed by atoms with van der Waals surface area (Å²) in [5.41, 5.74) is -2.54. The Labute approximate surface area is 233 Å². The monoisotopic (exact) mass is 546 g/mol. The smallest absolute Gasteiger partial charge is 0.343 e. The Balaban J connectivity index is 1.70. The van der Waals surface area contributed by atoms with E-state index in [-0.39, 0.29) is 11.1 Å². The van der Waals surface area contributed by atoms with Gasteiger partial charge in [-0.3, -0.25) is 9.59 Å². The summed E-state index contributed by atoms with van der Waals surface area (Å²) in [6.45, 7) is 9.54. The van der Waals surface area contributed by atoms with Gasteiger partial charge in [0.2, 0.25) is 0 Å². The lowest BCUT2D eigenvalue weighted by Crippen LogP contribution is -2.30. The number of ketones is 2. The van der Waals surface area contributed by atoms with Crippen LogP contribution in [0.3, 0.4) is 0 Å². The maximum absolute atomic E-state index is 14.0. The maximum atomic E-state index is 14.0. The van der Waals surface area contributed by atoms with Crippen LogP contribution in [0.2, 0.25) is 0 Å². The quantitative estimate of drug-likeness (QED) is 0.243. The zero-order chi connectivity index (χ0) is 29.3. The van der Waals surface area contributed by atoms with Crippen LogP contribution < -0.4 is 0 Å². The standard InChI is InChI=1S/C32H34O8/c1-31(2,3)39-29(37)23-24(30(38)40-32(4,5)6)28(36)22-21(27(23)35)25(33)19-9-7-8-17(20(19)26(22)34)14-18-13-15-10-11-16(18)12-15/h7-9,13,15-16,35-36H,10-12,14H2,1-6H3. The summed E-state index contributed by atoms with van der Waals surface area (Å²) in [5, 5.41) is 22.8. The first kappa shape index (κ1) is 27.6. The van der Waals surface area contributed by atoms with Gasteiger partial charge in [0.15, 0.2) is 11.6 Å². The van der Waals surface area contributed by atoms with E-state index in [4.69, 9.17) is 9.47 Å². The number of carbonyl (C=O) groups excluding carboxylic acids is 4. The number of hydrogen-bond acceptors (Lipinski definition) is 8. The molecule has 2 N–H and O–H groups in total. The second-order valence-electron chi connectivity index (χ2n) is 12.9. The SMILES string of the molecule is CC(C)(C)OC(=O)c1c(O)c2c(c(O)c1C(=O)OC(C)(C)C)C(=O)c1c(CC3=CC4CCC3C4)cccc1C2=O. The van der Waals surface area contributed by atoms with E-state index in [0.29, 0.717) is 23.8 Å². The molecule has 210 valence electrons. The van der Waals surface area contributed by atoms with Crippen LogP contribution in [0.25, 0.3) is 0 Å². The molecular weight excluding hydrogens is 512 g/mol. The van der Waals surface area contributed by atoms with E-state index in [2.05, 4.69) is 6.08 Å². The number of ether oxygens (including phenoxy) is 2. The third-order valence-electron chi connectivity index (χ3n) is 7.57. The van der Waals surface area contributed by atoms with Crippen LogP contribution in [-0.4, -0.2) is 44.9 Å². The molecule has 2 atom stereocenters. The second-order valence-corrected chi connectivity index (χ2v) is 12.9. The third kappa shape index (κ3) is 4.69. The zero-order valence-electron chi connectivity index (χ0n) is 23.6. The Bertz CT molecular complexity index is 1510. The van der Waals surface area contributed by atoms with Crippen molar-refractivity contribution in [1.82, 2.24) is 0 Å². The molecule has 2 aromatic rings. The van der Waals surface area contributed by atoms with E-state index in [1.807, 2.05) is 0 Å². The predicted octanol–water partition coefficient (Wildman–Crippen LogP) is 5.68. The van der Waals surface area contributed by atoms with E-state index in [1.165, 1.54) is 11.6 Å². The lowest BCUT2D eigenvalue weighted by molar-refractivity contribution is 0.00131. The van der Waals surface area contributed by atoms with Gasteiger partial charge in [-0.2, -0.15) is 0 Å². The molecule has 1 fully saturated rings. The van der Waals surface area contributed by atoms with Crippen LogP contribution in [0, 0.1) is 11.8 Å². The summed E-state index contributed by atoms with van der Waals surface area (Å²) < 4.78 is 10.8. The van der Waals surface area contributed by atoms with Crippen molar-refractivity contribution in [3.05, 3.63) is 68.8 Å².